The molecule has 0 saturated heterocycles. The van der Waals surface area contributed by atoms with Crippen molar-refractivity contribution in [1.29, 1.82) is 0 Å². The average molecular weight is 211 g/mol. The standard InChI is InChI=1S/C7H9N5OS/c8-1-5-11-7(13-12-5)4-3-14-6(2-9)10-4/h3H,1-2,8-9H2. The molecular formula is C7H9N5OS. The number of nitrogens with two attached hydrogens (primary N) is 2. The minimum atomic E-state index is 0.261. The first-order valence-corrected chi connectivity index (χ1v) is 4.89. The molecule has 0 aromatic carbocycles. The Morgan fingerprint density at radius 2 is 2.14 bits per heavy atom. The van der Waals surface area contributed by atoms with Crippen LogP contribution in [0.3, 0.4) is 0 Å². The number of thiazole rings is 1. The molecule has 0 fully saturated rings. The van der Waals surface area contributed by atoms with Crippen LogP contribution >= 0.6 is 11.3 Å². The van der Waals surface area contributed by atoms with Gasteiger partial charge in [0.25, 0.3) is 5.89 Å². The molecule has 4 N–H and O–H groups in total. The van der Waals surface area contributed by atoms with E-state index in [9.17, 15) is 0 Å². The van der Waals surface area contributed by atoms with Gasteiger partial charge < -0.3 is 16.0 Å². The highest BCUT2D eigenvalue weighted by atomic mass is 32.1. The summed E-state index contributed by atoms with van der Waals surface area (Å²) in [5.74, 6) is 0.865. The van der Waals surface area contributed by atoms with E-state index in [2.05, 4.69) is 15.1 Å². The van der Waals surface area contributed by atoms with Gasteiger partial charge in [0, 0.05) is 11.9 Å². The van der Waals surface area contributed by atoms with Crippen molar-refractivity contribution < 1.29 is 4.52 Å². The van der Waals surface area contributed by atoms with Gasteiger partial charge in [-0.2, -0.15) is 4.98 Å². The summed E-state index contributed by atoms with van der Waals surface area (Å²) in [6.45, 7) is 0.680. The third-order valence-electron chi connectivity index (χ3n) is 1.60. The first kappa shape index (κ1) is 9.25. The molecule has 0 bridgehead atoms. The molecule has 6 nitrogen and oxygen atoms in total. The second-order valence-corrected chi connectivity index (χ2v) is 3.49. The summed E-state index contributed by atoms with van der Waals surface area (Å²) in [6, 6.07) is 0. The molecule has 0 spiro atoms. The number of nitrogens with zero attached hydrogens (tertiary/aromatic N) is 3. The molecule has 0 aliphatic rings. The van der Waals surface area contributed by atoms with Crippen molar-refractivity contribution in [3.63, 3.8) is 0 Å². The van der Waals surface area contributed by atoms with E-state index in [4.69, 9.17) is 16.0 Å². The Labute approximate surface area is 83.9 Å². The van der Waals surface area contributed by atoms with Gasteiger partial charge in [-0.05, 0) is 0 Å². The zero-order valence-corrected chi connectivity index (χ0v) is 8.12. The molecule has 0 atom stereocenters. The van der Waals surface area contributed by atoms with Gasteiger partial charge in [-0.15, -0.1) is 11.3 Å². The summed E-state index contributed by atoms with van der Waals surface area (Å²) in [4.78, 5) is 8.25. The zero-order chi connectivity index (χ0) is 9.97. The summed E-state index contributed by atoms with van der Waals surface area (Å²) >= 11 is 1.47. The van der Waals surface area contributed by atoms with E-state index in [1.807, 2.05) is 5.38 Å². The minimum absolute atomic E-state index is 0.261. The van der Waals surface area contributed by atoms with Crippen molar-refractivity contribution in [2.24, 2.45) is 11.5 Å². The fraction of sp³-hybridized carbons (Fsp3) is 0.286. The van der Waals surface area contributed by atoms with E-state index in [0.717, 1.165) is 5.01 Å². The number of hydrogen-bond acceptors (Lipinski definition) is 7. The predicted octanol–water partition coefficient (Wildman–Crippen LogP) is 0.110. The van der Waals surface area contributed by atoms with E-state index in [1.54, 1.807) is 0 Å². The number of rotatable bonds is 3. The number of hydrogen-bond donors (Lipinski definition) is 2. The molecule has 74 valence electrons. The molecule has 2 heterocycles. The van der Waals surface area contributed by atoms with Gasteiger partial charge >= 0.3 is 0 Å². The molecule has 2 aromatic rings. The molecule has 0 radical (unpaired) electrons. The van der Waals surface area contributed by atoms with Crippen LogP contribution in [0.4, 0.5) is 0 Å². The van der Waals surface area contributed by atoms with Crippen LogP contribution < -0.4 is 11.5 Å². The van der Waals surface area contributed by atoms with Gasteiger partial charge in [0.15, 0.2) is 5.82 Å². The zero-order valence-electron chi connectivity index (χ0n) is 7.30. The molecular weight excluding hydrogens is 202 g/mol. The van der Waals surface area contributed by atoms with Crippen LogP contribution in [0.5, 0.6) is 0 Å². The Balaban J connectivity index is 2.29. The lowest BCUT2D eigenvalue weighted by atomic mass is 10.5. The molecule has 0 saturated carbocycles. The lowest BCUT2D eigenvalue weighted by molar-refractivity contribution is 0.421. The SMILES string of the molecule is NCc1noc(-c2csc(CN)n2)n1. The van der Waals surface area contributed by atoms with Crippen molar-refractivity contribution in [3.8, 4) is 11.6 Å². The fourth-order valence-corrected chi connectivity index (χ4v) is 1.59. The summed E-state index contributed by atoms with van der Waals surface area (Å²) in [6.07, 6.45) is 0. The van der Waals surface area contributed by atoms with E-state index < -0.39 is 0 Å². The third-order valence-corrected chi connectivity index (χ3v) is 2.47. The predicted molar refractivity (Wildman–Crippen MR) is 51.2 cm³/mol. The summed E-state index contributed by atoms with van der Waals surface area (Å²) in [5.41, 5.74) is 11.4. The molecule has 2 aromatic heterocycles. The van der Waals surface area contributed by atoms with Gasteiger partial charge in [0.1, 0.15) is 10.7 Å². The average Bonchev–Trinajstić information content (AvgIpc) is 2.86. The van der Waals surface area contributed by atoms with E-state index in [-0.39, 0.29) is 6.54 Å². The Hall–Kier alpha value is -1.31. The first-order chi connectivity index (χ1) is 6.83. The first-order valence-electron chi connectivity index (χ1n) is 4.01. The largest absolute Gasteiger partial charge is 0.332 e. The summed E-state index contributed by atoms with van der Waals surface area (Å²) < 4.78 is 4.96. The highest BCUT2D eigenvalue weighted by Crippen LogP contribution is 2.19. The highest BCUT2D eigenvalue weighted by molar-refractivity contribution is 7.09. The summed E-state index contributed by atoms with van der Waals surface area (Å²) in [5, 5.41) is 6.34. The monoisotopic (exact) mass is 211 g/mol. The van der Waals surface area contributed by atoms with Gasteiger partial charge in [-0.25, -0.2) is 4.98 Å². The van der Waals surface area contributed by atoms with Gasteiger partial charge in [0.2, 0.25) is 0 Å². The van der Waals surface area contributed by atoms with E-state index in [0.29, 0.717) is 24.0 Å². The Morgan fingerprint density at radius 1 is 1.29 bits per heavy atom. The molecule has 0 aliphatic carbocycles. The fourth-order valence-electron chi connectivity index (χ4n) is 0.944. The second-order valence-electron chi connectivity index (χ2n) is 2.55. The van der Waals surface area contributed by atoms with E-state index >= 15 is 0 Å². The van der Waals surface area contributed by atoms with Crippen LogP contribution in [0.2, 0.25) is 0 Å². The molecule has 0 aliphatic heterocycles. The smallest absolute Gasteiger partial charge is 0.277 e. The van der Waals surface area contributed by atoms with Crippen molar-refractivity contribution in [2.45, 2.75) is 13.1 Å². The maximum Gasteiger partial charge on any atom is 0.277 e. The van der Waals surface area contributed by atoms with Crippen molar-refractivity contribution in [2.75, 3.05) is 0 Å². The van der Waals surface area contributed by atoms with Gasteiger partial charge in [-0.1, -0.05) is 5.16 Å². The topological polar surface area (TPSA) is 104 Å². The van der Waals surface area contributed by atoms with Crippen LogP contribution in [0.15, 0.2) is 9.90 Å². The van der Waals surface area contributed by atoms with Crippen LogP contribution in [-0.2, 0) is 13.1 Å². The van der Waals surface area contributed by atoms with Crippen LogP contribution in [-0.4, -0.2) is 15.1 Å². The maximum absolute atomic E-state index is 5.43. The van der Waals surface area contributed by atoms with Gasteiger partial charge in [0.05, 0.1) is 6.54 Å². The quantitative estimate of drug-likeness (QED) is 0.746. The maximum atomic E-state index is 5.43. The molecule has 0 amide bonds. The molecule has 7 heteroatoms. The lowest BCUT2D eigenvalue weighted by Crippen LogP contribution is -1.98. The number of aromatic nitrogens is 3. The third kappa shape index (κ3) is 1.65. The van der Waals surface area contributed by atoms with Crippen molar-refractivity contribution >= 4 is 11.3 Å². The highest BCUT2D eigenvalue weighted by Gasteiger charge is 2.10. The molecule has 0 unspecified atom stereocenters. The van der Waals surface area contributed by atoms with E-state index in [1.165, 1.54) is 11.3 Å². The lowest BCUT2D eigenvalue weighted by Gasteiger charge is -1.84. The molecule has 14 heavy (non-hydrogen) atoms. The normalized spacial score (nSPS) is 10.7. The van der Waals surface area contributed by atoms with Crippen LogP contribution in [0.25, 0.3) is 11.6 Å². The van der Waals surface area contributed by atoms with Crippen LogP contribution in [0, 0.1) is 0 Å². The molecule has 2 rings (SSSR count). The Kier molecular flexibility index (Phi) is 2.53. The van der Waals surface area contributed by atoms with Crippen molar-refractivity contribution in [3.05, 3.63) is 16.2 Å². The minimum Gasteiger partial charge on any atom is -0.332 e. The van der Waals surface area contributed by atoms with Crippen molar-refractivity contribution in [1.82, 2.24) is 15.1 Å². The Bertz CT molecular complexity index is 383. The second kappa shape index (κ2) is 3.82. The summed E-state index contributed by atoms with van der Waals surface area (Å²) in [7, 11) is 0. The van der Waals surface area contributed by atoms with Gasteiger partial charge in [-0.3, -0.25) is 0 Å². The Morgan fingerprint density at radius 3 is 2.71 bits per heavy atom. The van der Waals surface area contributed by atoms with Crippen LogP contribution in [0.1, 0.15) is 10.8 Å².